The van der Waals surface area contributed by atoms with Crippen molar-refractivity contribution in [2.24, 2.45) is 5.92 Å². The first-order chi connectivity index (χ1) is 8.65. The normalized spacial score (nSPS) is 20.8. The molecule has 1 aliphatic rings. The zero-order valence-electron chi connectivity index (χ0n) is 11.5. The summed E-state index contributed by atoms with van der Waals surface area (Å²) in [6, 6.07) is 9.24. The van der Waals surface area contributed by atoms with Gasteiger partial charge in [0.05, 0.1) is 6.10 Å². The van der Waals surface area contributed by atoms with E-state index in [0.29, 0.717) is 12.0 Å². The molecule has 0 bridgehead atoms. The van der Waals surface area contributed by atoms with Crippen LogP contribution in [0.25, 0.3) is 0 Å². The number of nitrogens with one attached hydrogen (secondary N) is 1. The molecule has 2 heteroatoms. The average molecular weight is 247 g/mol. The van der Waals surface area contributed by atoms with Crippen LogP contribution < -0.4 is 5.32 Å². The first-order valence-corrected chi connectivity index (χ1v) is 7.13. The Morgan fingerprint density at radius 2 is 2.00 bits per heavy atom. The summed E-state index contributed by atoms with van der Waals surface area (Å²) >= 11 is 0. The van der Waals surface area contributed by atoms with Crippen LogP contribution in [0.2, 0.25) is 0 Å². The maximum absolute atomic E-state index is 9.88. The minimum Gasteiger partial charge on any atom is -0.392 e. The van der Waals surface area contributed by atoms with Crippen molar-refractivity contribution in [1.82, 2.24) is 5.32 Å². The predicted octanol–water partition coefficient (Wildman–Crippen LogP) is 2.54. The standard InChI is InChI=1S/C16H25NO/c1-12(2)9-16(18)11-17-15-8-7-13-5-3-4-6-14(13)10-15/h3-6,12,15-18H,7-11H2,1-2H3. The summed E-state index contributed by atoms with van der Waals surface area (Å²) in [6.07, 6.45) is 4.13. The van der Waals surface area contributed by atoms with E-state index in [1.807, 2.05) is 0 Å². The Bertz CT molecular complexity index is 375. The van der Waals surface area contributed by atoms with Crippen LogP contribution in [0.1, 0.15) is 37.8 Å². The van der Waals surface area contributed by atoms with Crippen molar-refractivity contribution in [1.29, 1.82) is 0 Å². The Morgan fingerprint density at radius 3 is 2.72 bits per heavy atom. The lowest BCUT2D eigenvalue weighted by Gasteiger charge is -2.26. The van der Waals surface area contributed by atoms with Crippen LogP contribution in [-0.2, 0) is 12.8 Å². The highest BCUT2D eigenvalue weighted by molar-refractivity contribution is 5.30. The van der Waals surface area contributed by atoms with Crippen molar-refractivity contribution in [2.45, 2.75) is 51.7 Å². The molecular formula is C16H25NO. The monoisotopic (exact) mass is 247 g/mol. The lowest BCUT2D eigenvalue weighted by atomic mass is 9.88. The summed E-state index contributed by atoms with van der Waals surface area (Å²) in [6.45, 7) is 5.03. The predicted molar refractivity (Wildman–Crippen MR) is 75.7 cm³/mol. The molecule has 1 aromatic rings. The third kappa shape index (κ3) is 3.82. The number of hydrogen-bond donors (Lipinski definition) is 2. The summed E-state index contributed by atoms with van der Waals surface area (Å²) < 4.78 is 0. The second kappa shape index (κ2) is 6.35. The molecule has 1 aliphatic carbocycles. The van der Waals surface area contributed by atoms with Gasteiger partial charge in [-0.15, -0.1) is 0 Å². The second-order valence-electron chi connectivity index (χ2n) is 5.90. The molecule has 2 N–H and O–H groups in total. The van der Waals surface area contributed by atoms with Crippen LogP contribution in [0.5, 0.6) is 0 Å². The van der Waals surface area contributed by atoms with E-state index in [-0.39, 0.29) is 6.10 Å². The van der Waals surface area contributed by atoms with Crippen LogP contribution in [-0.4, -0.2) is 23.8 Å². The number of hydrogen-bond acceptors (Lipinski definition) is 2. The molecule has 2 rings (SSSR count). The van der Waals surface area contributed by atoms with Crippen molar-refractivity contribution < 1.29 is 5.11 Å². The Balaban J connectivity index is 1.79. The summed E-state index contributed by atoms with van der Waals surface area (Å²) in [7, 11) is 0. The zero-order chi connectivity index (χ0) is 13.0. The highest BCUT2D eigenvalue weighted by Gasteiger charge is 2.18. The molecule has 18 heavy (non-hydrogen) atoms. The minimum absolute atomic E-state index is 0.206. The lowest BCUT2D eigenvalue weighted by Crippen LogP contribution is -2.39. The topological polar surface area (TPSA) is 32.3 Å². The second-order valence-corrected chi connectivity index (χ2v) is 5.90. The van der Waals surface area contributed by atoms with Gasteiger partial charge in [0.15, 0.2) is 0 Å². The van der Waals surface area contributed by atoms with Gasteiger partial charge in [0, 0.05) is 12.6 Å². The molecular weight excluding hydrogens is 222 g/mol. The molecule has 2 atom stereocenters. The zero-order valence-corrected chi connectivity index (χ0v) is 11.5. The Hall–Kier alpha value is -0.860. The van der Waals surface area contributed by atoms with Crippen LogP contribution >= 0.6 is 0 Å². The molecule has 100 valence electrons. The largest absolute Gasteiger partial charge is 0.392 e. The molecule has 0 aliphatic heterocycles. The summed E-state index contributed by atoms with van der Waals surface area (Å²) in [5, 5.41) is 13.4. The number of benzene rings is 1. The maximum atomic E-state index is 9.88. The van der Waals surface area contributed by atoms with Gasteiger partial charge >= 0.3 is 0 Å². The van der Waals surface area contributed by atoms with Gasteiger partial charge in [0.2, 0.25) is 0 Å². The summed E-state index contributed by atoms with van der Waals surface area (Å²) in [5.74, 6) is 0.564. The highest BCUT2D eigenvalue weighted by atomic mass is 16.3. The Kier molecular flexibility index (Phi) is 4.79. The fourth-order valence-electron chi connectivity index (χ4n) is 2.80. The number of aryl methyl sites for hydroxylation is 1. The van der Waals surface area contributed by atoms with E-state index < -0.39 is 0 Å². The molecule has 0 fully saturated rings. The van der Waals surface area contributed by atoms with E-state index in [1.165, 1.54) is 17.5 Å². The van der Waals surface area contributed by atoms with Crippen LogP contribution in [0, 0.1) is 5.92 Å². The van der Waals surface area contributed by atoms with Crippen molar-refractivity contribution >= 4 is 0 Å². The van der Waals surface area contributed by atoms with Gasteiger partial charge in [0.1, 0.15) is 0 Å². The van der Waals surface area contributed by atoms with Crippen molar-refractivity contribution in [3.63, 3.8) is 0 Å². The fraction of sp³-hybridized carbons (Fsp3) is 0.625. The molecule has 0 amide bonds. The molecule has 0 heterocycles. The van der Waals surface area contributed by atoms with Gasteiger partial charge in [-0.3, -0.25) is 0 Å². The number of fused-ring (bicyclic) bond motifs is 1. The third-order valence-corrected chi connectivity index (χ3v) is 3.73. The molecule has 0 saturated carbocycles. The van der Waals surface area contributed by atoms with Crippen LogP contribution in [0.4, 0.5) is 0 Å². The van der Waals surface area contributed by atoms with Gasteiger partial charge in [-0.05, 0) is 42.7 Å². The minimum atomic E-state index is -0.206. The van der Waals surface area contributed by atoms with Gasteiger partial charge < -0.3 is 10.4 Å². The summed E-state index contributed by atoms with van der Waals surface area (Å²) in [5.41, 5.74) is 2.97. The molecule has 2 unspecified atom stereocenters. The van der Waals surface area contributed by atoms with E-state index in [1.54, 1.807) is 0 Å². The van der Waals surface area contributed by atoms with Crippen LogP contribution in [0.3, 0.4) is 0 Å². The smallest absolute Gasteiger partial charge is 0.0667 e. The number of rotatable bonds is 5. The fourth-order valence-corrected chi connectivity index (χ4v) is 2.80. The summed E-state index contributed by atoms with van der Waals surface area (Å²) in [4.78, 5) is 0. The molecule has 2 nitrogen and oxygen atoms in total. The van der Waals surface area contributed by atoms with E-state index in [4.69, 9.17) is 0 Å². The van der Waals surface area contributed by atoms with Crippen molar-refractivity contribution in [3.8, 4) is 0 Å². The van der Waals surface area contributed by atoms with E-state index in [0.717, 1.165) is 25.8 Å². The quantitative estimate of drug-likeness (QED) is 0.838. The molecule has 0 aromatic heterocycles. The van der Waals surface area contributed by atoms with Gasteiger partial charge in [0.25, 0.3) is 0 Å². The average Bonchev–Trinajstić information content (AvgIpc) is 2.35. The maximum Gasteiger partial charge on any atom is 0.0667 e. The number of aliphatic hydroxyl groups excluding tert-OH is 1. The molecule has 0 saturated heterocycles. The van der Waals surface area contributed by atoms with Crippen molar-refractivity contribution in [3.05, 3.63) is 35.4 Å². The lowest BCUT2D eigenvalue weighted by molar-refractivity contribution is 0.141. The number of aliphatic hydroxyl groups is 1. The van der Waals surface area contributed by atoms with E-state index in [9.17, 15) is 5.11 Å². The Labute approximate surface area is 110 Å². The van der Waals surface area contributed by atoms with Crippen molar-refractivity contribution in [2.75, 3.05) is 6.54 Å². The first-order valence-electron chi connectivity index (χ1n) is 7.13. The van der Waals surface area contributed by atoms with Crippen LogP contribution in [0.15, 0.2) is 24.3 Å². The van der Waals surface area contributed by atoms with E-state index in [2.05, 4.69) is 43.4 Å². The SMILES string of the molecule is CC(C)CC(O)CNC1CCc2ccccc2C1. The third-order valence-electron chi connectivity index (χ3n) is 3.73. The van der Waals surface area contributed by atoms with Gasteiger partial charge in [-0.2, -0.15) is 0 Å². The van der Waals surface area contributed by atoms with E-state index >= 15 is 0 Å². The highest BCUT2D eigenvalue weighted by Crippen LogP contribution is 2.21. The molecule has 1 aromatic carbocycles. The first kappa shape index (κ1) is 13.6. The van der Waals surface area contributed by atoms with Gasteiger partial charge in [-0.25, -0.2) is 0 Å². The Morgan fingerprint density at radius 1 is 1.28 bits per heavy atom. The molecule has 0 spiro atoms. The van der Waals surface area contributed by atoms with Gasteiger partial charge in [-0.1, -0.05) is 38.1 Å². The molecule has 0 radical (unpaired) electrons.